The second kappa shape index (κ2) is 8.05. The number of rotatable bonds is 7. The fourth-order valence-electron chi connectivity index (χ4n) is 1.91. The fraction of sp³-hybridized carbons (Fsp3) is 0.333. The lowest BCUT2D eigenvalue weighted by atomic mass is 10.2. The van der Waals surface area contributed by atoms with E-state index in [0.29, 0.717) is 23.8 Å². The maximum Gasteiger partial charge on any atom is 0.226 e. The highest BCUT2D eigenvalue weighted by Crippen LogP contribution is 2.33. The lowest BCUT2D eigenvalue weighted by Crippen LogP contribution is -2.26. The zero-order valence-corrected chi connectivity index (χ0v) is 14.2. The van der Waals surface area contributed by atoms with Crippen molar-refractivity contribution in [3.8, 4) is 22.1 Å². The van der Waals surface area contributed by atoms with Crippen molar-refractivity contribution < 1.29 is 14.3 Å². The Morgan fingerprint density at radius 3 is 2.77 bits per heavy atom. The first kappa shape index (κ1) is 16.6. The molecule has 1 aromatic carbocycles. The molecule has 22 heavy (non-hydrogen) atoms. The van der Waals surface area contributed by atoms with Crippen LogP contribution in [0.25, 0.3) is 10.6 Å². The Morgan fingerprint density at radius 2 is 2.09 bits per heavy atom. The van der Waals surface area contributed by atoms with Gasteiger partial charge in [0.1, 0.15) is 5.01 Å². The third-order valence-corrected chi connectivity index (χ3v) is 4.12. The SMILES string of the molecule is COc1ccc(-c2nc(CC(=O)NCCS)cs2)cc1OC. The first-order valence-electron chi connectivity index (χ1n) is 6.72. The van der Waals surface area contributed by atoms with Crippen molar-refractivity contribution in [2.45, 2.75) is 6.42 Å². The van der Waals surface area contributed by atoms with Crippen LogP contribution >= 0.6 is 24.0 Å². The molecule has 0 radical (unpaired) electrons. The lowest BCUT2D eigenvalue weighted by Gasteiger charge is -2.08. The molecule has 0 aliphatic carbocycles. The molecular formula is C15H18N2O3S2. The topological polar surface area (TPSA) is 60.5 Å². The summed E-state index contributed by atoms with van der Waals surface area (Å²) < 4.78 is 10.5. The molecule has 2 aromatic rings. The van der Waals surface area contributed by atoms with Crippen LogP contribution in [-0.2, 0) is 11.2 Å². The Hall–Kier alpha value is -1.73. The summed E-state index contributed by atoms with van der Waals surface area (Å²) in [4.78, 5) is 16.2. The van der Waals surface area contributed by atoms with Crippen LogP contribution in [0.3, 0.4) is 0 Å². The van der Waals surface area contributed by atoms with Gasteiger partial charge in [0.25, 0.3) is 0 Å². The number of thiazole rings is 1. The van der Waals surface area contributed by atoms with Crippen molar-refractivity contribution in [2.75, 3.05) is 26.5 Å². The highest BCUT2D eigenvalue weighted by atomic mass is 32.1. The number of thiol groups is 1. The average molecular weight is 338 g/mol. The molecular weight excluding hydrogens is 320 g/mol. The fourth-order valence-corrected chi connectivity index (χ4v) is 2.84. The Morgan fingerprint density at radius 1 is 1.32 bits per heavy atom. The van der Waals surface area contributed by atoms with Gasteiger partial charge in [-0.25, -0.2) is 4.98 Å². The predicted molar refractivity (Wildman–Crippen MR) is 91.2 cm³/mol. The van der Waals surface area contributed by atoms with Gasteiger partial charge in [0, 0.05) is 23.2 Å². The number of nitrogens with one attached hydrogen (secondary N) is 1. The molecule has 0 spiro atoms. The molecule has 0 aliphatic heterocycles. The van der Waals surface area contributed by atoms with Crippen molar-refractivity contribution in [3.63, 3.8) is 0 Å². The first-order valence-corrected chi connectivity index (χ1v) is 8.23. The maximum atomic E-state index is 11.7. The highest BCUT2D eigenvalue weighted by molar-refractivity contribution is 7.80. The number of nitrogens with zero attached hydrogens (tertiary/aromatic N) is 1. The van der Waals surface area contributed by atoms with Crippen molar-refractivity contribution >= 4 is 29.9 Å². The van der Waals surface area contributed by atoms with Gasteiger partial charge in [-0.2, -0.15) is 12.6 Å². The van der Waals surface area contributed by atoms with Gasteiger partial charge in [-0.05, 0) is 18.2 Å². The van der Waals surface area contributed by atoms with E-state index in [1.54, 1.807) is 14.2 Å². The van der Waals surface area contributed by atoms with E-state index in [1.165, 1.54) is 11.3 Å². The van der Waals surface area contributed by atoms with Crippen LogP contribution in [0.5, 0.6) is 11.5 Å². The summed E-state index contributed by atoms with van der Waals surface area (Å²) in [6, 6.07) is 5.64. The molecule has 0 unspecified atom stereocenters. The largest absolute Gasteiger partial charge is 0.493 e. The Kier molecular flexibility index (Phi) is 6.09. The summed E-state index contributed by atoms with van der Waals surface area (Å²) in [5.41, 5.74) is 1.69. The molecule has 0 bridgehead atoms. The summed E-state index contributed by atoms with van der Waals surface area (Å²) >= 11 is 5.56. The molecule has 0 atom stereocenters. The number of hydrogen-bond donors (Lipinski definition) is 2. The molecule has 1 aromatic heterocycles. The third kappa shape index (κ3) is 4.14. The summed E-state index contributed by atoms with van der Waals surface area (Å²) in [6.07, 6.45) is 0.275. The minimum absolute atomic E-state index is 0.0433. The predicted octanol–water partition coefficient (Wildman–Crippen LogP) is 2.42. The zero-order valence-electron chi connectivity index (χ0n) is 12.5. The lowest BCUT2D eigenvalue weighted by molar-refractivity contribution is -0.120. The Labute approximate surface area is 139 Å². The second-order valence-electron chi connectivity index (χ2n) is 4.46. The normalized spacial score (nSPS) is 10.3. The van der Waals surface area contributed by atoms with Crippen LogP contribution in [0.1, 0.15) is 5.69 Å². The van der Waals surface area contributed by atoms with E-state index in [4.69, 9.17) is 9.47 Å². The summed E-state index contributed by atoms with van der Waals surface area (Å²) in [5, 5.41) is 5.52. The number of carbonyl (C=O) groups is 1. The summed E-state index contributed by atoms with van der Waals surface area (Å²) in [6.45, 7) is 0.564. The third-order valence-electron chi connectivity index (χ3n) is 2.96. The van der Waals surface area contributed by atoms with Crippen molar-refractivity contribution in [3.05, 3.63) is 29.3 Å². The number of aromatic nitrogens is 1. The van der Waals surface area contributed by atoms with Crippen molar-refractivity contribution in [1.29, 1.82) is 0 Å². The molecule has 0 saturated heterocycles. The molecule has 0 saturated carbocycles. The van der Waals surface area contributed by atoms with Gasteiger partial charge in [0.05, 0.1) is 26.3 Å². The molecule has 118 valence electrons. The van der Waals surface area contributed by atoms with Gasteiger partial charge in [-0.1, -0.05) is 0 Å². The summed E-state index contributed by atoms with van der Waals surface area (Å²) in [5.74, 6) is 1.91. The van der Waals surface area contributed by atoms with Gasteiger partial charge in [-0.3, -0.25) is 4.79 Å². The zero-order chi connectivity index (χ0) is 15.9. The number of carbonyl (C=O) groups excluding carboxylic acids is 1. The van der Waals surface area contributed by atoms with E-state index >= 15 is 0 Å². The molecule has 5 nitrogen and oxygen atoms in total. The van der Waals surface area contributed by atoms with Crippen molar-refractivity contribution in [1.82, 2.24) is 10.3 Å². The van der Waals surface area contributed by atoms with E-state index in [0.717, 1.165) is 16.3 Å². The average Bonchev–Trinajstić information content (AvgIpc) is 3.00. The van der Waals surface area contributed by atoms with E-state index in [1.807, 2.05) is 23.6 Å². The molecule has 0 aliphatic rings. The summed E-state index contributed by atoms with van der Waals surface area (Å²) in [7, 11) is 3.20. The Balaban J connectivity index is 2.12. The minimum Gasteiger partial charge on any atom is -0.493 e. The number of ether oxygens (including phenoxy) is 2. The van der Waals surface area contributed by atoms with Gasteiger partial charge in [-0.15, -0.1) is 11.3 Å². The van der Waals surface area contributed by atoms with Crippen LogP contribution in [0.4, 0.5) is 0 Å². The number of amides is 1. The molecule has 1 heterocycles. The number of methoxy groups -OCH3 is 2. The monoisotopic (exact) mass is 338 g/mol. The molecule has 1 N–H and O–H groups in total. The molecule has 1 amide bonds. The van der Waals surface area contributed by atoms with Crippen LogP contribution in [0.15, 0.2) is 23.6 Å². The second-order valence-corrected chi connectivity index (χ2v) is 5.77. The molecule has 7 heteroatoms. The van der Waals surface area contributed by atoms with Crippen LogP contribution in [0.2, 0.25) is 0 Å². The molecule has 2 rings (SSSR count). The van der Waals surface area contributed by atoms with E-state index in [2.05, 4.69) is 22.9 Å². The first-order chi connectivity index (χ1) is 10.7. The van der Waals surface area contributed by atoms with E-state index in [-0.39, 0.29) is 12.3 Å². The van der Waals surface area contributed by atoms with Gasteiger partial charge < -0.3 is 14.8 Å². The molecule has 0 fully saturated rings. The number of hydrogen-bond acceptors (Lipinski definition) is 6. The number of benzene rings is 1. The van der Waals surface area contributed by atoms with Gasteiger partial charge in [0.15, 0.2) is 11.5 Å². The van der Waals surface area contributed by atoms with Gasteiger partial charge in [0.2, 0.25) is 5.91 Å². The van der Waals surface area contributed by atoms with Crippen LogP contribution < -0.4 is 14.8 Å². The van der Waals surface area contributed by atoms with Crippen LogP contribution in [-0.4, -0.2) is 37.4 Å². The van der Waals surface area contributed by atoms with Gasteiger partial charge >= 0.3 is 0 Å². The maximum absolute atomic E-state index is 11.7. The Bertz CT molecular complexity index is 643. The smallest absolute Gasteiger partial charge is 0.226 e. The van der Waals surface area contributed by atoms with E-state index < -0.39 is 0 Å². The van der Waals surface area contributed by atoms with Crippen LogP contribution in [0, 0.1) is 0 Å². The quantitative estimate of drug-likeness (QED) is 0.761. The van der Waals surface area contributed by atoms with Crippen molar-refractivity contribution in [2.24, 2.45) is 0 Å². The van der Waals surface area contributed by atoms with E-state index in [9.17, 15) is 4.79 Å². The standard InChI is InChI=1S/C15H18N2O3S2/c1-19-12-4-3-10(7-13(12)20-2)15-17-11(9-22-15)8-14(18)16-5-6-21/h3-4,7,9,21H,5-6,8H2,1-2H3,(H,16,18). The highest BCUT2D eigenvalue weighted by Gasteiger charge is 2.11. The minimum atomic E-state index is -0.0433.